The molecule has 1 saturated heterocycles. The normalized spacial score (nSPS) is 21.8. The molecule has 0 radical (unpaired) electrons. The number of carbonyl (C=O) groups is 2. The van der Waals surface area contributed by atoms with E-state index in [1.165, 1.54) is 17.2 Å². The summed E-state index contributed by atoms with van der Waals surface area (Å²) in [6, 6.07) is 4.22. The summed E-state index contributed by atoms with van der Waals surface area (Å²) in [5, 5.41) is -0.389. The number of likely N-dealkylation sites (tertiary alicyclic amines) is 1. The van der Waals surface area contributed by atoms with Gasteiger partial charge in [0.2, 0.25) is 5.91 Å². The number of aromatic nitrogens is 1. The highest BCUT2D eigenvalue weighted by atomic mass is 35.5. The van der Waals surface area contributed by atoms with Crippen LogP contribution in [0, 0.1) is 17.6 Å². The van der Waals surface area contributed by atoms with Gasteiger partial charge in [-0.2, -0.15) is 0 Å². The molecule has 1 saturated carbocycles. The molecular formula is C22H22ClF2N3O4S. The zero-order valence-corrected chi connectivity index (χ0v) is 19.3. The topological polar surface area (TPSA) is 110 Å². The second kappa shape index (κ2) is 8.32. The molecule has 11 heteroatoms. The fraction of sp³-hybridized carbons (Fsp3) is 0.409. The van der Waals surface area contributed by atoms with Crippen molar-refractivity contribution in [3.63, 3.8) is 0 Å². The molecule has 0 unspecified atom stereocenters. The SMILES string of the molecule is CS(=O)(=O)c1ccnc(C(=O)N2CCC[C@@]2(C(N)=O)[C@@H](c2cc(F)c(Cl)cc2F)C2CC2)c1. The van der Waals surface area contributed by atoms with Crippen LogP contribution in [0.15, 0.2) is 35.4 Å². The first-order valence-corrected chi connectivity index (χ1v) is 12.7. The number of primary amides is 1. The molecule has 0 bridgehead atoms. The number of amides is 2. The zero-order chi connectivity index (χ0) is 24.1. The van der Waals surface area contributed by atoms with Crippen LogP contribution in [0.4, 0.5) is 8.78 Å². The summed E-state index contributed by atoms with van der Waals surface area (Å²) in [4.78, 5) is 31.6. The van der Waals surface area contributed by atoms with Crippen LogP contribution in [0.2, 0.25) is 5.02 Å². The second-order valence-corrected chi connectivity index (χ2v) is 11.0. The Labute approximate surface area is 194 Å². The molecule has 176 valence electrons. The summed E-state index contributed by atoms with van der Waals surface area (Å²) in [6.45, 7) is 0.132. The summed E-state index contributed by atoms with van der Waals surface area (Å²) >= 11 is 5.72. The van der Waals surface area contributed by atoms with Crippen LogP contribution < -0.4 is 5.73 Å². The molecule has 4 rings (SSSR count). The van der Waals surface area contributed by atoms with Gasteiger partial charge in [-0.25, -0.2) is 17.2 Å². The third-order valence-corrected chi connectivity index (χ3v) is 7.85. The third kappa shape index (κ3) is 4.10. The summed E-state index contributed by atoms with van der Waals surface area (Å²) in [7, 11) is -3.61. The summed E-state index contributed by atoms with van der Waals surface area (Å²) in [6.07, 6.45) is 4.08. The Morgan fingerprint density at radius 1 is 1.24 bits per heavy atom. The van der Waals surface area contributed by atoms with Crippen LogP contribution in [0.3, 0.4) is 0 Å². The predicted octanol–water partition coefficient (Wildman–Crippen LogP) is 3.07. The van der Waals surface area contributed by atoms with Crippen molar-refractivity contribution < 1.29 is 26.8 Å². The first-order valence-electron chi connectivity index (χ1n) is 10.4. The van der Waals surface area contributed by atoms with Crippen molar-refractivity contribution in [1.82, 2.24) is 9.88 Å². The van der Waals surface area contributed by atoms with Gasteiger partial charge in [0.15, 0.2) is 9.84 Å². The first kappa shape index (κ1) is 23.6. The lowest BCUT2D eigenvalue weighted by atomic mass is 9.73. The predicted molar refractivity (Wildman–Crippen MR) is 116 cm³/mol. The van der Waals surface area contributed by atoms with Crippen LogP contribution in [0.25, 0.3) is 0 Å². The molecule has 2 aromatic rings. The van der Waals surface area contributed by atoms with E-state index in [1.54, 1.807) is 0 Å². The molecular weight excluding hydrogens is 476 g/mol. The molecule has 7 nitrogen and oxygen atoms in total. The van der Waals surface area contributed by atoms with E-state index in [-0.39, 0.29) is 40.1 Å². The van der Waals surface area contributed by atoms with Gasteiger partial charge in [-0.05, 0) is 61.4 Å². The van der Waals surface area contributed by atoms with E-state index in [2.05, 4.69) is 4.98 Å². The van der Waals surface area contributed by atoms with Gasteiger partial charge in [0.25, 0.3) is 5.91 Å². The quantitative estimate of drug-likeness (QED) is 0.617. The Bertz CT molecular complexity index is 1250. The number of hydrogen-bond acceptors (Lipinski definition) is 5. The van der Waals surface area contributed by atoms with Gasteiger partial charge >= 0.3 is 0 Å². The molecule has 2 amide bonds. The maximum atomic E-state index is 15.0. The molecule has 1 aromatic heterocycles. The minimum absolute atomic E-state index is 0.0595. The minimum Gasteiger partial charge on any atom is -0.368 e. The number of sulfone groups is 1. The highest BCUT2D eigenvalue weighted by Gasteiger charge is 2.59. The van der Waals surface area contributed by atoms with E-state index in [0.29, 0.717) is 19.3 Å². The third-order valence-electron chi connectivity index (χ3n) is 6.45. The molecule has 1 aliphatic heterocycles. The minimum atomic E-state index is -3.61. The Balaban J connectivity index is 1.84. The van der Waals surface area contributed by atoms with Crippen molar-refractivity contribution in [2.45, 2.75) is 42.0 Å². The molecule has 33 heavy (non-hydrogen) atoms. The van der Waals surface area contributed by atoms with E-state index in [9.17, 15) is 22.4 Å². The van der Waals surface area contributed by atoms with Gasteiger partial charge in [0.05, 0.1) is 9.92 Å². The van der Waals surface area contributed by atoms with E-state index in [0.717, 1.165) is 24.5 Å². The lowest BCUT2D eigenvalue weighted by molar-refractivity contribution is -0.129. The number of carbonyl (C=O) groups excluding carboxylic acids is 2. The average molecular weight is 498 g/mol. The van der Waals surface area contributed by atoms with Crippen molar-refractivity contribution in [2.24, 2.45) is 11.7 Å². The number of halogens is 3. The zero-order valence-electron chi connectivity index (χ0n) is 17.7. The van der Waals surface area contributed by atoms with Crippen LogP contribution in [-0.4, -0.2) is 48.5 Å². The van der Waals surface area contributed by atoms with Crippen molar-refractivity contribution in [2.75, 3.05) is 12.8 Å². The largest absolute Gasteiger partial charge is 0.368 e. The van der Waals surface area contributed by atoms with Gasteiger partial charge in [0, 0.05) is 24.9 Å². The second-order valence-electron chi connectivity index (χ2n) is 8.60. The molecule has 2 fully saturated rings. The van der Waals surface area contributed by atoms with Crippen molar-refractivity contribution >= 4 is 33.3 Å². The van der Waals surface area contributed by atoms with Gasteiger partial charge < -0.3 is 10.6 Å². The molecule has 2 N–H and O–H groups in total. The maximum absolute atomic E-state index is 15.0. The van der Waals surface area contributed by atoms with Gasteiger partial charge in [-0.3, -0.25) is 14.6 Å². The van der Waals surface area contributed by atoms with E-state index < -0.39 is 44.7 Å². The Hall–Kier alpha value is -2.59. The number of rotatable bonds is 6. The fourth-order valence-corrected chi connectivity index (χ4v) is 5.64. The van der Waals surface area contributed by atoms with Crippen molar-refractivity contribution in [3.05, 3.63) is 58.4 Å². The monoisotopic (exact) mass is 497 g/mol. The van der Waals surface area contributed by atoms with Crippen LogP contribution in [0.1, 0.15) is 47.7 Å². The Kier molecular flexibility index (Phi) is 5.94. The van der Waals surface area contributed by atoms with Gasteiger partial charge in [-0.1, -0.05) is 11.6 Å². The standard InChI is InChI=1S/C22H22ClF2N3O4S/c1-33(31,32)13-5-7-27-18(9-13)20(29)28-8-2-6-22(28,21(26)30)19(12-3-4-12)14-10-17(25)15(23)11-16(14)24/h5,7,9-12,19H,2-4,6,8H2,1H3,(H2,26,30)/t19-,22+/m1/s1. The fourth-order valence-electron chi connectivity index (χ4n) is 4.86. The summed E-state index contributed by atoms with van der Waals surface area (Å²) < 4.78 is 53.2. The first-order chi connectivity index (χ1) is 15.5. The maximum Gasteiger partial charge on any atom is 0.273 e. The lowest BCUT2D eigenvalue weighted by Crippen LogP contribution is -2.60. The van der Waals surface area contributed by atoms with E-state index in [1.807, 2.05) is 0 Å². The van der Waals surface area contributed by atoms with Crippen LogP contribution in [0.5, 0.6) is 0 Å². The molecule has 2 atom stereocenters. The van der Waals surface area contributed by atoms with Crippen molar-refractivity contribution in [3.8, 4) is 0 Å². The Morgan fingerprint density at radius 2 is 1.94 bits per heavy atom. The number of pyridine rings is 1. The Morgan fingerprint density at radius 3 is 2.55 bits per heavy atom. The van der Waals surface area contributed by atoms with Crippen LogP contribution >= 0.6 is 11.6 Å². The molecule has 1 aromatic carbocycles. The van der Waals surface area contributed by atoms with Gasteiger partial charge in [0.1, 0.15) is 22.9 Å². The van der Waals surface area contributed by atoms with Gasteiger partial charge in [-0.15, -0.1) is 0 Å². The number of nitrogens with two attached hydrogens (primary N) is 1. The van der Waals surface area contributed by atoms with Crippen LogP contribution in [-0.2, 0) is 14.6 Å². The highest BCUT2D eigenvalue weighted by molar-refractivity contribution is 7.90. The van der Waals surface area contributed by atoms with Crippen molar-refractivity contribution in [1.29, 1.82) is 0 Å². The van der Waals surface area contributed by atoms with E-state index in [4.69, 9.17) is 17.3 Å². The lowest BCUT2D eigenvalue weighted by Gasteiger charge is -2.42. The molecule has 1 aliphatic carbocycles. The number of nitrogens with zero attached hydrogens (tertiary/aromatic N) is 2. The summed E-state index contributed by atoms with van der Waals surface area (Å²) in [5.74, 6) is -4.22. The smallest absolute Gasteiger partial charge is 0.273 e. The molecule has 2 heterocycles. The molecule has 0 spiro atoms. The van der Waals surface area contributed by atoms with E-state index >= 15 is 4.39 Å². The highest BCUT2D eigenvalue weighted by Crippen LogP contribution is 2.54. The number of benzene rings is 1. The summed E-state index contributed by atoms with van der Waals surface area (Å²) in [5.41, 5.74) is 4.01. The average Bonchev–Trinajstić information content (AvgIpc) is 3.48. The molecule has 2 aliphatic rings. The number of hydrogen-bond donors (Lipinski definition) is 1.